The smallest absolute Gasteiger partial charge is 0.0949 e. The summed E-state index contributed by atoms with van der Waals surface area (Å²) in [6.07, 6.45) is 5.60. The van der Waals surface area contributed by atoms with Crippen LogP contribution in [0.25, 0.3) is 0 Å². The molecule has 1 atom stereocenters. The molecule has 86 valence electrons. The van der Waals surface area contributed by atoms with Crippen LogP contribution in [0.3, 0.4) is 0 Å². The molecule has 0 saturated heterocycles. The summed E-state index contributed by atoms with van der Waals surface area (Å²) in [4.78, 5) is 4.05. The van der Waals surface area contributed by atoms with Gasteiger partial charge in [-0.3, -0.25) is 0 Å². The van der Waals surface area contributed by atoms with Gasteiger partial charge in [0.15, 0.2) is 0 Å². The zero-order chi connectivity index (χ0) is 11.1. The largest absolute Gasteiger partial charge is 0.382 e. The van der Waals surface area contributed by atoms with Crippen molar-refractivity contribution in [2.45, 2.75) is 19.9 Å². The van der Waals surface area contributed by atoms with E-state index in [0.29, 0.717) is 18.6 Å². The molecule has 4 nitrogen and oxygen atoms in total. The van der Waals surface area contributed by atoms with Gasteiger partial charge >= 0.3 is 0 Å². The molecule has 0 amide bonds. The maximum atomic E-state index is 5.20. The van der Waals surface area contributed by atoms with Crippen molar-refractivity contribution in [2.24, 2.45) is 5.92 Å². The lowest BCUT2D eigenvalue weighted by Gasteiger charge is -2.18. The molecule has 15 heavy (non-hydrogen) atoms. The minimum Gasteiger partial charge on any atom is -0.382 e. The summed E-state index contributed by atoms with van der Waals surface area (Å²) >= 11 is 0. The van der Waals surface area contributed by atoms with Crippen molar-refractivity contribution in [3.63, 3.8) is 0 Å². The van der Waals surface area contributed by atoms with E-state index < -0.39 is 0 Å². The number of hydrogen-bond donors (Lipinski definition) is 1. The van der Waals surface area contributed by atoms with Crippen molar-refractivity contribution in [3.8, 4) is 0 Å². The van der Waals surface area contributed by atoms with Crippen LogP contribution in [-0.4, -0.2) is 36.4 Å². The van der Waals surface area contributed by atoms with Crippen molar-refractivity contribution in [3.05, 3.63) is 18.7 Å². The molecule has 1 unspecified atom stereocenters. The zero-order valence-corrected chi connectivity index (χ0v) is 9.81. The fourth-order valence-electron chi connectivity index (χ4n) is 1.47. The van der Waals surface area contributed by atoms with Crippen molar-refractivity contribution in [1.29, 1.82) is 0 Å². The Labute approximate surface area is 91.7 Å². The molecule has 1 heterocycles. The summed E-state index contributed by atoms with van der Waals surface area (Å²) in [7, 11) is 1.73. The van der Waals surface area contributed by atoms with Crippen LogP contribution in [0.4, 0.5) is 0 Å². The molecule has 1 N–H and O–H groups in total. The van der Waals surface area contributed by atoms with E-state index in [1.165, 1.54) is 0 Å². The van der Waals surface area contributed by atoms with Gasteiger partial charge in [0.05, 0.1) is 19.0 Å². The molecule has 1 aromatic heterocycles. The van der Waals surface area contributed by atoms with Crippen molar-refractivity contribution in [2.75, 3.05) is 26.8 Å². The van der Waals surface area contributed by atoms with Gasteiger partial charge in [0.25, 0.3) is 0 Å². The van der Waals surface area contributed by atoms with Crippen LogP contribution in [0.5, 0.6) is 0 Å². The predicted octanol–water partition coefficient (Wildman–Crippen LogP) is 1.32. The van der Waals surface area contributed by atoms with Crippen molar-refractivity contribution >= 4 is 0 Å². The number of methoxy groups -OCH3 is 1. The first-order chi connectivity index (χ1) is 7.24. The molecular weight excluding hydrogens is 190 g/mol. The van der Waals surface area contributed by atoms with Crippen LogP contribution in [0.1, 0.15) is 19.9 Å². The van der Waals surface area contributed by atoms with Gasteiger partial charge in [-0.2, -0.15) is 0 Å². The van der Waals surface area contributed by atoms with E-state index in [-0.39, 0.29) is 0 Å². The van der Waals surface area contributed by atoms with E-state index in [9.17, 15) is 0 Å². The molecule has 0 radical (unpaired) electrons. The fourth-order valence-corrected chi connectivity index (χ4v) is 1.47. The average molecular weight is 211 g/mol. The Morgan fingerprint density at radius 2 is 2.20 bits per heavy atom. The standard InChI is InChI=1S/C11H21N3O/c1-10(2)6-13-7-11(8-15-3)14-5-4-12-9-14/h4-5,9-11,13H,6-8H2,1-3H3. The van der Waals surface area contributed by atoms with Crippen molar-refractivity contribution in [1.82, 2.24) is 14.9 Å². The van der Waals surface area contributed by atoms with Crippen LogP contribution in [0.15, 0.2) is 18.7 Å². The highest BCUT2D eigenvalue weighted by Crippen LogP contribution is 2.04. The minimum atomic E-state index is 0.330. The van der Waals surface area contributed by atoms with E-state index in [4.69, 9.17) is 4.74 Å². The number of nitrogens with one attached hydrogen (secondary N) is 1. The fraction of sp³-hybridized carbons (Fsp3) is 0.727. The molecule has 0 aliphatic heterocycles. The molecule has 0 aliphatic rings. The number of nitrogens with zero attached hydrogens (tertiary/aromatic N) is 2. The summed E-state index contributed by atoms with van der Waals surface area (Å²) in [5, 5.41) is 3.43. The third-order valence-corrected chi connectivity index (χ3v) is 2.24. The van der Waals surface area contributed by atoms with Gasteiger partial charge in [0.2, 0.25) is 0 Å². The molecule has 0 saturated carbocycles. The normalized spacial score (nSPS) is 13.3. The van der Waals surface area contributed by atoms with Gasteiger partial charge in [-0.25, -0.2) is 4.98 Å². The maximum absolute atomic E-state index is 5.20. The number of hydrogen-bond acceptors (Lipinski definition) is 3. The van der Waals surface area contributed by atoms with Gasteiger partial charge in [0, 0.05) is 26.0 Å². The monoisotopic (exact) mass is 211 g/mol. The highest BCUT2D eigenvalue weighted by molar-refractivity contribution is 4.81. The Balaban J connectivity index is 2.38. The first kappa shape index (κ1) is 12.2. The molecule has 0 aliphatic carbocycles. The first-order valence-electron chi connectivity index (χ1n) is 5.41. The number of imidazole rings is 1. The SMILES string of the molecule is COCC(CNCC(C)C)n1ccnc1. The lowest BCUT2D eigenvalue weighted by molar-refractivity contribution is 0.153. The molecule has 0 fully saturated rings. The second kappa shape index (κ2) is 6.58. The number of rotatable bonds is 7. The van der Waals surface area contributed by atoms with E-state index >= 15 is 0 Å². The van der Waals surface area contributed by atoms with Gasteiger partial charge in [-0.05, 0) is 12.5 Å². The minimum absolute atomic E-state index is 0.330. The Hall–Kier alpha value is -0.870. The van der Waals surface area contributed by atoms with Crippen LogP contribution < -0.4 is 5.32 Å². The maximum Gasteiger partial charge on any atom is 0.0949 e. The summed E-state index contributed by atoms with van der Waals surface area (Å²) in [6.45, 7) is 7.07. The second-order valence-corrected chi connectivity index (χ2v) is 4.17. The highest BCUT2D eigenvalue weighted by atomic mass is 16.5. The summed E-state index contributed by atoms with van der Waals surface area (Å²) in [6, 6.07) is 0.330. The van der Waals surface area contributed by atoms with E-state index in [1.54, 1.807) is 13.3 Å². The summed E-state index contributed by atoms with van der Waals surface area (Å²) < 4.78 is 7.28. The van der Waals surface area contributed by atoms with Crippen LogP contribution >= 0.6 is 0 Å². The Morgan fingerprint density at radius 1 is 1.40 bits per heavy atom. The van der Waals surface area contributed by atoms with Crippen LogP contribution in [0, 0.1) is 5.92 Å². The average Bonchev–Trinajstić information content (AvgIpc) is 2.68. The number of aromatic nitrogens is 2. The molecule has 1 aromatic rings. The predicted molar refractivity (Wildman–Crippen MR) is 60.8 cm³/mol. The molecular formula is C11H21N3O. The molecule has 0 aromatic carbocycles. The third kappa shape index (κ3) is 4.44. The molecule has 0 bridgehead atoms. The van der Waals surface area contributed by atoms with Gasteiger partial charge in [-0.15, -0.1) is 0 Å². The quantitative estimate of drug-likeness (QED) is 0.739. The van der Waals surface area contributed by atoms with Crippen LogP contribution in [-0.2, 0) is 4.74 Å². The topological polar surface area (TPSA) is 39.1 Å². The molecule has 1 rings (SSSR count). The van der Waals surface area contributed by atoms with E-state index in [0.717, 1.165) is 13.1 Å². The van der Waals surface area contributed by atoms with Crippen LogP contribution in [0.2, 0.25) is 0 Å². The first-order valence-corrected chi connectivity index (χ1v) is 5.41. The lowest BCUT2D eigenvalue weighted by atomic mass is 10.2. The van der Waals surface area contributed by atoms with E-state index in [2.05, 4.69) is 28.7 Å². The molecule has 0 spiro atoms. The zero-order valence-electron chi connectivity index (χ0n) is 9.81. The van der Waals surface area contributed by atoms with Gasteiger partial charge < -0.3 is 14.6 Å². The third-order valence-electron chi connectivity index (χ3n) is 2.24. The molecule has 4 heteroatoms. The van der Waals surface area contributed by atoms with Crippen molar-refractivity contribution < 1.29 is 4.74 Å². The second-order valence-electron chi connectivity index (χ2n) is 4.17. The summed E-state index contributed by atoms with van der Waals surface area (Å²) in [5.41, 5.74) is 0. The Bertz CT molecular complexity index is 246. The Kier molecular flexibility index (Phi) is 5.36. The highest BCUT2D eigenvalue weighted by Gasteiger charge is 2.09. The van der Waals surface area contributed by atoms with Gasteiger partial charge in [-0.1, -0.05) is 13.8 Å². The lowest BCUT2D eigenvalue weighted by Crippen LogP contribution is -2.30. The Morgan fingerprint density at radius 3 is 2.73 bits per heavy atom. The summed E-state index contributed by atoms with van der Waals surface area (Å²) in [5.74, 6) is 0.677. The van der Waals surface area contributed by atoms with Gasteiger partial charge in [0.1, 0.15) is 0 Å². The van der Waals surface area contributed by atoms with E-state index in [1.807, 2.05) is 12.5 Å². The number of ether oxygens (including phenoxy) is 1.